The van der Waals surface area contributed by atoms with Crippen LogP contribution in [-0.4, -0.2) is 215 Å². The van der Waals surface area contributed by atoms with Gasteiger partial charge in [0, 0.05) is 24.4 Å². The molecule has 442 valence electrons. The second-order valence-electron chi connectivity index (χ2n) is 22.6. The maximum absolute atomic E-state index is 11.5. The molecule has 0 spiro atoms. The fourth-order valence-corrected chi connectivity index (χ4v) is 12.8. The number of carbonyl (C=O) groups excluding carboxylic acids is 3. The third-order valence-corrected chi connectivity index (χ3v) is 18.3. The van der Waals surface area contributed by atoms with Crippen LogP contribution < -0.4 is 15.5 Å². The molecule has 1 amide bonds. The average Bonchev–Trinajstić information content (AvgIpc) is 1.59. The van der Waals surface area contributed by atoms with Gasteiger partial charge in [-0.3, -0.25) is 4.79 Å². The highest BCUT2D eigenvalue weighted by molar-refractivity contribution is 8.16. The molecule has 4 radical (unpaired) electrons. The number of methoxy groups -OCH3 is 2. The van der Waals surface area contributed by atoms with Crippen LogP contribution in [0.2, 0.25) is 0 Å². The van der Waals surface area contributed by atoms with Crippen molar-refractivity contribution in [3.05, 3.63) is 36.5 Å². The minimum atomic E-state index is -1.99. The summed E-state index contributed by atoms with van der Waals surface area (Å²) in [6.07, 6.45) is 2.31. The van der Waals surface area contributed by atoms with Gasteiger partial charge >= 0.3 is 27.1 Å². The number of ether oxygens (including phenoxy) is 6. The summed E-state index contributed by atoms with van der Waals surface area (Å²) >= 11 is 0. The molecule has 30 nitrogen and oxygen atoms in total. The number of nitrogens with two attached hydrogens (primary N) is 1. The fourth-order valence-electron chi connectivity index (χ4n) is 12.8. The lowest BCUT2D eigenvalue weighted by Gasteiger charge is -2.22. The van der Waals surface area contributed by atoms with Crippen LogP contribution in [0.4, 0.5) is 0 Å². The third kappa shape index (κ3) is 11.7. The quantitative estimate of drug-likeness (QED) is 0.0605. The molecule has 10 fully saturated rings. The molecular weight excluding hydrogens is 1150 g/mol. The molecule has 3 aromatic heterocycles. The van der Waals surface area contributed by atoms with Gasteiger partial charge in [0.15, 0.2) is 11.6 Å². The number of hydrogen-bond acceptors (Lipinski definition) is 26. The van der Waals surface area contributed by atoms with Crippen LogP contribution in [-0.2, 0) is 50.1 Å². The molecule has 6 unspecified atom stereocenters. The molecule has 81 heavy (non-hydrogen) atoms. The van der Waals surface area contributed by atoms with Gasteiger partial charge in [-0.05, 0) is 77.0 Å². The average molecular weight is 1220 g/mol. The molecule has 0 bridgehead atoms. The van der Waals surface area contributed by atoms with E-state index in [0.717, 1.165) is 12.8 Å². The standard InChI is InChI=1S/C14H19N3O4.C11H15N3O5.C10H14N4O4.C10H16O3.2BO2PS/c1-13(2)20-9-8(7-5-14(7,3)10(9)21-13)17-6-15-11(16-17)12(18)19-4;1-19-10(18)9-12-4-14(13-9)6-5-2-11(5,3-15)8(17)7(6)16;11-8(18)9-12-3-14(13-9)5-4-1-10(4,2-15)7(17)6(5)16;1-9(2)12-7-6(11)5-4-10(5,3)8(7)13-9;2*1-4(2)5-3/h6-10H,5H2,1-4H3;4-8,15-17H,2-3H2,1H3;3-7,15-17H,1-2H2,(H2,11,18);5-8,11H,4H2,1-3H3;;/t7-,8-,9-,10?,14-;5-,6-,7-,8?,11+;4-,5-,6-,7?,10+;5-,6+,7-,8?,10-;;/m1111../s1/i3T;;;3T;;. The third-order valence-electron chi connectivity index (χ3n) is 17.1. The van der Waals surface area contributed by atoms with E-state index in [1.165, 1.54) is 36.2 Å². The summed E-state index contributed by atoms with van der Waals surface area (Å²) in [7, 11) is 11.3. The Bertz CT molecular complexity index is 3010. The van der Waals surface area contributed by atoms with Gasteiger partial charge in [-0.25, -0.2) is 38.6 Å². The number of amides is 1. The molecule has 8 saturated carbocycles. The summed E-state index contributed by atoms with van der Waals surface area (Å²) in [5, 5.41) is 80.7. The van der Waals surface area contributed by atoms with Crippen molar-refractivity contribution in [3.8, 4) is 0 Å². The number of aliphatic hydroxyl groups excluding tert-OH is 7. The summed E-state index contributed by atoms with van der Waals surface area (Å²) in [5.41, 5.74) is 3.53. The summed E-state index contributed by atoms with van der Waals surface area (Å²) in [6, 6.07) is -1.01. The molecule has 10 aliphatic rings. The molecule has 36 heteroatoms. The van der Waals surface area contributed by atoms with Gasteiger partial charge in [-0.2, -0.15) is 8.42 Å². The fraction of sp³-hybridized carbons (Fsp3) is 0.800. The normalized spacial score (nSPS) is 41.2. The van der Waals surface area contributed by atoms with Crippen LogP contribution in [0.5, 0.6) is 0 Å². The van der Waals surface area contributed by atoms with Crippen molar-refractivity contribution in [2.45, 2.75) is 152 Å². The summed E-state index contributed by atoms with van der Waals surface area (Å²) in [4.78, 5) is 64.1. The molecule has 8 aliphatic carbocycles. The number of primary amides is 1. The van der Waals surface area contributed by atoms with Crippen molar-refractivity contribution in [1.82, 2.24) is 44.3 Å². The number of fused-ring (bicyclic) bond motifs is 8. The largest absolute Gasteiger partial charge is 0.635 e. The molecule has 13 rings (SSSR count). The zero-order chi connectivity index (χ0) is 61.3. The van der Waals surface area contributed by atoms with E-state index < -0.39 is 96.5 Å². The molecule has 2 aliphatic heterocycles. The summed E-state index contributed by atoms with van der Waals surface area (Å²) in [5.74, 6) is -2.98. The lowest BCUT2D eigenvalue weighted by atomic mass is 10.0. The molecule has 2 saturated heterocycles. The number of carbonyl (C=O) groups is 3. The monoisotopic (exact) mass is 1220 g/mol. The zero-order valence-electron chi connectivity index (χ0n) is 46.5. The molecule has 5 heterocycles. The Morgan fingerprint density at radius 2 is 1.02 bits per heavy atom. The van der Waals surface area contributed by atoms with Crippen molar-refractivity contribution in [3.63, 3.8) is 0 Å². The maximum atomic E-state index is 11.5. The van der Waals surface area contributed by atoms with E-state index in [1.807, 2.05) is 27.7 Å². The Hall–Kier alpha value is -3.92. The van der Waals surface area contributed by atoms with E-state index in [0.29, 0.717) is 26.6 Å². The lowest BCUT2D eigenvalue weighted by molar-refractivity contribution is -0.166. The van der Waals surface area contributed by atoms with Gasteiger partial charge in [0.25, 0.3) is 39.2 Å². The highest BCUT2D eigenvalue weighted by Crippen LogP contribution is 2.72. The van der Waals surface area contributed by atoms with Gasteiger partial charge in [0.2, 0.25) is 5.82 Å². The topological polar surface area (TPSA) is 447 Å². The first-order valence-corrected chi connectivity index (χ1v) is 30.5. The molecule has 0 aromatic carbocycles. The van der Waals surface area contributed by atoms with E-state index in [1.54, 1.807) is 11.0 Å². The van der Waals surface area contributed by atoms with E-state index in [4.69, 9.17) is 35.8 Å². The Labute approximate surface area is 477 Å². The molecule has 22 atom stereocenters. The first-order valence-electron chi connectivity index (χ1n) is 26.6. The minimum absolute atomic E-state index is 0.0428. The SMILES string of the molecule is COC(=O)c1ncn([C@@H]2[C@H]3C[C@@]3(CO)C(O)[C@@H]2O)n1.NC(=O)c1ncn([C@@H]2[C@H]3C[C@@]3(CO)C(O)[C@@H]2O)n1.[3H]C[C@@]12C[C@@H]1[C@@H](n1cnc(C(=O)OC)n1)[C@H]1OC(C)(C)OC12.[3H]C[C@@]12C[C@@H]1[C@H](O)[C@H]1OC(C)(C)OC12.[B][P+]([O-])=S=O.[B][P+]([O-])=S=O. The Morgan fingerprint density at radius 1 is 0.654 bits per heavy atom. The summed E-state index contributed by atoms with van der Waals surface area (Å²) in [6.45, 7) is 3.84. The molecular formula is C45H64B2N10O20P2S2. The highest BCUT2D eigenvalue weighted by atomic mass is 32.5. The Kier molecular flexibility index (Phi) is 17.2. The highest BCUT2D eigenvalue weighted by Gasteiger charge is 2.76. The maximum Gasteiger partial charge on any atom is 0.457 e. The number of aliphatic hydroxyl groups is 7. The van der Waals surface area contributed by atoms with E-state index in [9.17, 15) is 59.9 Å². The van der Waals surface area contributed by atoms with Gasteiger partial charge in [-0.15, -0.1) is 15.3 Å². The Balaban J connectivity index is 0.000000138. The number of rotatable bonds is 8. The van der Waals surface area contributed by atoms with E-state index >= 15 is 0 Å². The van der Waals surface area contributed by atoms with Gasteiger partial charge < -0.3 is 79.7 Å². The Morgan fingerprint density at radius 3 is 1.40 bits per heavy atom. The van der Waals surface area contributed by atoms with Crippen LogP contribution in [0.3, 0.4) is 0 Å². The van der Waals surface area contributed by atoms with Crippen LogP contribution in [0.1, 0.15) is 120 Å². The van der Waals surface area contributed by atoms with E-state index in [-0.39, 0.29) is 117 Å². The second-order valence-corrected chi connectivity index (χ2v) is 27.1. The number of esters is 2. The summed E-state index contributed by atoms with van der Waals surface area (Å²) < 4.78 is 70.9. The zero-order valence-corrected chi connectivity index (χ0v) is 48.0. The molecule has 9 N–H and O–H groups in total. The van der Waals surface area contributed by atoms with Crippen molar-refractivity contribution < 1.29 is 99.5 Å². The van der Waals surface area contributed by atoms with Crippen molar-refractivity contribution in [2.24, 2.45) is 51.1 Å². The van der Waals surface area contributed by atoms with Gasteiger partial charge in [0.1, 0.15) is 43.4 Å². The van der Waals surface area contributed by atoms with Crippen molar-refractivity contribution in [1.29, 1.82) is 0 Å². The van der Waals surface area contributed by atoms with Crippen molar-refractivity contribution >= 4 is 68.3 Å². The van der Waals surface area contributed by atoms with Gasteiger partial charge in [0.05, 0.1) is 89.7 Å². The van der Waals surface area contributed by atoms with Crippen molar-refractivity contribution in [2.75, 3.05) is 27.4 Å². The first-order chi connectivity index (χ1) is 39.0. The smallest absolute Gasteiger partial charge is 0.457 e. The van der Waals surface area contributed by atoms with Crippen LogP contribution in [0.15, 0.2) is 19.0 Å². The number of hydrogen-bond donors (Lipinski definition) is 8. The number of aromatic nitrogens is 9. The van der Waals surface area contributed by atoms with Crippen LogP contribution in [0.25, 0.3) is 0 Å². The first kappa shape index (κ1) is 60.2. The van der Waals surface area contributed by atoms with Gasteiger partial charge in [-0.1, -0.05) is 13.8 Å². The minimum Gasteiger partial charge on any atom is -0.635 e. The predicted octanol–water partition coefficient (Wildman–Crippen LogP) is -4.02. The number of nitrogens with zero attached hydrogens (tertiary/aromatic N) is 9. The van der Waals surface area contributed by atoms with Crippen LogP contribution in [0, 0.1) is 45.3 Å². The lowest BCUT2D eigenvalue weighted by Crippen LogP contribution is -2.35. The molecule has 3 aromatic rings. The van der Waals surface area contributed by atoms with E-state index in [2.05, 4.69) is 54.9 Å². The second kappa shape index (κ2) is 23.2. The van der Waals surface area contributed by atoms with Crippen LogP contribution >= 0.6 is 13.6 Å². The predicted molar refractivity (Wildman–Crippen MR) is 275 cm³/mol.